The van der Waals surface area contributed by atoms with Crippen molar-refractivity contribution < 1.29 is 19.1 Å². The lowest BCUT2D eigenvalue weighted by atomic mass is 10.2. The normalized spacial score (nSPS) is 10.0. The van der Waals surface area contributed by atoms with Gasteiger partial charge in [0.25, 0.3) is 0 Å². The highest BCUT2D eigenvalue weighted by Crippen LogP contribution is 2.19. The number of carbonyl (C=O) groups excluding carboxylic acids is 1. The number of rotatable bonds is 3. The number of carboxylic acids is 1. The number of halogens is 2. The van der Waals surface area contributed by atoms with Crippen LogP contribution in [0.3, 0.4) is 0 Å². The fraction of sp³-hybridized carbons (Fsp3) is 0. The standard InChI is InChI=1S/C14H10BrFN2O3/c15-11-6-5-10(7-12(11)16)18-14(21)17-9-3-1-8(2-4-9)13(19)20/h1-7H,(H,19,20)(H2,17,18,21). The van der Waals surface area contributed by atoms with Gasteiger partial charge in [-0.2, -0.15) is 0 Å². The Morgan fingerprint density at radius 1 is 1.00 bits per heavy atom. The third-order valence-corrected chi connectivity index (χ3v) is 3.21. The van der Waals surface area contributed by atoms with Crippen LogP contribution in [0.5, 0.6) is 0 Å². The summed E-state index contributed by atoms with van der Waals surface area (Å²) >= 11 is 3.02. The predicted molar refractivity (Wildman–Crippen MR) is 80.1 cm³/mol. The lowest BCUT2D eigenvalue weighted by Gasteiger charge is -2.08. The largest absolute Gasteiger partial charge is 0.478 e. The third-order valence-electron chi connectivity index (χ3n) is 2.57. The summed E-state index contributed by atoms with van der Waals surface area (Å²) in [5.41, 5.74) is 0.848. The molecule has 2 aromatic carbocycles. The van der Waals surface area contributed by atoms with Crippen molar-refractivity contribution in [1.29, 1.82) is 0 Å². The molecule has 108 valence electrons. The molecule has 7 heteroatoms. The van der Waals surface area contributed by atoms with E-state index in [2.05, 4.69) is 26.6 Å². The molecule has 0 heterocycles. The fourth-order valence-electron chi connectivity index (χ4n) is 1.56. The van der Waals surface area contributed by atoms with E-state index in [1.807, 2.05) is 0 Å². The molecule has 0 fully saturated rings. The van der Waals surface area contributed by atoms with Crippen molar-refractivity contribution in [1.82, 2.24) is 0 Å². The second kappa shape index (κ2) is 6.36. The van der Waals surface area contributed by atoms with Crippen LogP contribution in [0.25, 0.3) is 0 Å². The van der Waals surface area contributed by atoms with Gasteiger partial charge in [0.15, 0.2) is 0 Å². The van der Waals surface area contributed by atoms with Crippen molar-refractivity contribution in [3.05, 3.63) is 58.3 Å². The fourth-order valence-corrected chi connectivity index (χ4v) is 1.81. The number of hydrogen-bond acceptors (Lipinski definition) is 2. The van der Waals surface area contributed by atoms with Gasteiger partial charge in [-0.3, -0.25) is 0 Å². The zero-order valence-electron chi connectivity index (χ0n) is 10.6. The van der Waals surface area contributed by atoms with Gasteiger partial charge in [0.05, 0.1) is 10.0 Å². The molecule has 0 aliphatic heterocycles. The summed E-state index contributed by atoms with van der Waals surface area (Å²) in [5.74, 6) is -1.53. The lowest BCUT2D eigenvalue weighted by molar-refractivity contribution is 0.0697. The van der Waals surface area contributed by atoms with Gasteiger partial charge in [-0.1, -0.05) is 0 Å². The van der Waals surface area contributed by atoms with Crippen molar-refractivity contribution >= 4 is 39.3 Å². The molecule has 2 rings (SSSR count). The Kier molecular flexibility index (Phi) is 4.54. The molecule has 0 spiro atoms. The summed E-state index contributed by atoms with van der Waals surface area (Å²) < 4.78 is 13.6. The molecular weight excluding hydrogens is 343 g/mol. The molecule has 0 atom stereocenters. The number of benzene rings is 2. The summed E-state index contributed by atoms with van der Waals surface area (Å²) in [7, 11) is 0. The van der Waals surface area contributed by atoms with E-state index in [1.54, 1.807) is 6.07 Å². The van der Waals surface area contributed by atoms with Crippen molar-refractivity contribution in [2.75, 3.05) is 10.6 Å². The Balaban J connectivity index is 2.01. The molecule has 21 heavy (non-hydrogen) atoms. The Morgan fingerprint density at radius 2 is 1.57 bits per heavy atom. The minimum atomic E-state index is -1.05. The first kappa shape index (κ1) is 15.0. The van der Waals surface area contributed by atoms with Gasteiger partial charge in [-0.05, 0) is 58.4 Å². The van der Waals surface area contributed by atoms with Crippen LogP contribution in [0, 0.1) is 5.82 Å². The minimum absolute atomic E-state index is 0.121. The van der Waals surface area contributed by atoms with Crippen LogP contribution in [0.4, 0.5) is 20.6 Å². The molecule has 0 aromatic heterocycles. The van der Waals surface area contributed by atoms with E-state index >= 15 is 0 Å². The molecule has 0 saturated heterocycles. The topological polar surface area (TPSA) is 78.4 Å². The highest BCUT2D eigenvalue weighted by molar-refractivity contribution is 9.10. The van der Waals surface area contributed by atoms with Gasteiger partial charge in [0, 0.05) is 11.4 Å². The SMILES string of the molecule is O=C(Nc1ccc(C(=O)O)cc1)Nc1ccc(Br)c(F)c1. The number of anilines is 2. The zero-order chi connectivity index (χ0) is 15.4. The number of nitrogens with one attached hydrogen (secondary N) is 2. The molecule has 0 unspecified atom stereocenters. The van der Waals surface area contributed by atoms with Gasteiger partial charge in [-0.15, -0.1) is 0 Å². The number of amides is 2. The summed E-state index contributed by atoms with van der Waals surface area (Å²) in [6.45, 7) is 0. The van der Waals surface area contributed by atoms with Crippen LogP contribution >= 0.6 is 15.9 Å². The van der Waals surface area contributed by atoms with Crippen LogP contribution < -0.4 is 10.6 Å². The van der Waals surface area contributed by atoms with E-state index in [-0.39, 0.29) is 5.56 Å². The van der Waals surface area contributed by atoms with Crippen molar-refractivity contribution in [2.24, 2.45) is 0 Å². The monoisotopic (exact) mass is 352 g/mol. The second-order valence-corrected chi connectivity index (χ2v) is 4.94. The molecule has 2 aromatic rings. The maximum absolute atomic E-state index is 13.3. The predicted octanol–water partition coefficient (Wildman–Crippen LogP) is 3.93. The van der Waals surface area contributed by atoms with Gasteiger partial charge in [0.2, 0.25) is 0 Å². The van der Waals surface area contributed by atoms with E-state index in [0.29, 0.717) is 15.8 Å². The molecule has 2 amide bonds. The van der Waals surface area contributed by atoms with E-state index < -0.39 is 17.8 Å². The van der Waals surface area contributed by atoms with Gasteiger partial charge in [0.1, 0.15) is 5.82 Å². The van der Waals surface area contributed by atoms with E-state index in [9.17, 15) is 14.0 Å². The summed E-state index contributed by atoms with van der Waals surface area (Å²) in [5, 5.41) is 13.7. The van der Waals surface area contributed by atoms with Crippen molar-refractivity contribution in [3.63, 3.8) is 0 Å². The van der Waals surface area contributed by atoms with Gasteiger partial charge in [-0.25, -0.2) is 14.0 Å². The van der Waals surface area contributed by atoms with Crippen LogP contribution in [0.15, 0.2) is 46.9 Å². The Hall–Kier alpha value is -2.41. The summed E-state index contributed by atoms with van der Waals surface area (Å²) in [6, 6.07) is 9.31. The third kappa shape index (κ3) is 4.03. The van der Waals surface area contributed by atoms with Crippen LogP contribution in [0.1, 0.15) is 10.4 Å². The van der Waals surface area contributed by atoms with E-state index in [4.69, 9.17) is 5.11 Å². The molecule has 0 bridgehead atoms. The number of aromatic carboxylic acids is 1. The molecular formula is C14H10BrFN2O3. The maximum atomic E-state index is 13.3. The Morgan fingerprint density at radius 3 is 2.14 bits per heavy atom. The summed E-state index contributed by atoms with van der Waals surface area (Å²) in [6.07, 6.45) is 0. The minimum Gasteiger partial charge on any atom is -0.478 e. The van der Waals surface area contributed by atoms with Crippen LogP contribution in [0.2, 0.25) is 0 Å². The molecule has 5 nitrogen and oxygen atoms in total. The Bertz CT molecular complexity index is 689. The van der Waals surface area contributed by atoms with Crippen LogP contribution in [-0.2, 0) is 0 Å². The average Bonchev–Trinajstić information content (AvgIpc) is 2.43. The van der Waals surface area contributed by atoms with E-state index in [0.717, 1.165) is 0 Å². The number of carbonyl (C=O) groups is 2. The van der Waals surface area contributed by atoms with Gasteiger partial charge >= 0.3 is 12.0 Å². The smallest absolute Gasteiger partial charge is 0.335 e. The first-order valence-corrected chi connectivity index (χ1v) is 6.61. The first-order valence-electron chi connectivity index (χ1n) is 5.82. The van der Waals surface area contributed by atoms with Gasteiger partial charge < -0.3 is 15.7 Å². The highest BCUT2D eigenvalue weighted by atomic mass is 79.9. The summed E-state index contributed by atoms with van der Waals surface area (Å²) in [4.78, 5) is 22.4. The highest BCUT2D eigenvalue weighted by Gasteiger charge is 2.06. The molecule has 0 aliphatic carbocycles. The zero-order valence-corrected chi connectivity index (χ0v) is 12.1. The van der Waals surface area contributed by atoms with Crippen molar-refractivity contribution in [2.45, 2.75) is 0 Å². The molecule has 0 aliphatic rings. The number of carboxylic acid groups (broad SMARTS) is 1. The molecule has 0 saturated carbocycles. The van der Waals surface area contributed by atoms with Crippen molar-refractivity contribution in [3.8, 4) is 0 Å². The lowest BCUT2D eigenvalue weighted by Crippen LogP contribution is -2.19. The number of urea groups is 1. The quantitative estimate of drug-likeness (QED) is 0.782. The Labute approximate surface area is 127 Å². The first-order chi connectivity index (χ1) is 9.95. The number of hydrogen-bond donors (Lipinski definition) is 3. The second-order valence-electron chi connectivity index (χ2n) is 4.09. The average molecular weight is 353 g/mol. The maximum Gasteiger partial charge on any atom is 0.335 e. The van der Waals surface area contributed by atoms with E-state index in [1.165, 1.54) is 36.4 Å². The molecule has 3 N–H and O–H groups in total. The van der Waals surface area contributed by atoms with Crippen LogP contribution in [-0.4, -0.2) is 17.1 Å². The molecule has 0 radical (unpaired) electrons.